The van der Waals surface area contributed by atoms with Gasteiger partial charge in [-0.05, 0) is 19.4 Å². The summed E-state index contributed by atoms with van der Waals surface area (Å²) in [5.41, 5.74) is 2.39. The van der Waals surface area contributed by atoms with Crippen LogP contribution in [0.1, 0.15) is 31.0 Å². The molecule has 0 saturated heterocycles. The fraction of sp³-hybridized carbons (Fsp3) is 0.538. The van der Waals surface area contributed by atoms with Gasteiger partial charge in [-0.25, -0.2) is 13.1 Å². The molecule has 0 aliphatic rings. The number of benzene rings is 1. The zero-order chi connectivity index (χ0) is 13.6. The second-order valence-corrected chi connectivity index (χ2v) is 6.33. The first kappa shape index (κ1) is 15.1. The Hall–Kier alpha value is -0.910. The molecule has 0 aromatic heterocycles. The van der Waals surface area contributed by atoms with Gasteiger partial charge in [-0.15, -0.1) is 0 Å². The monoisotopic (exact) mass is 270 g/mol. The van der Waals surface area contributed by atoms with Gasteiger partial charge in [0, 0.05) is 19.1 Å². The second-order valence-electron chi connectivity index (χ2n) is 4.40. The Morgan fingerprint density at radius 1 is 1.22 bits per heavy atom. The van der Waals surface area contributed by atoms with E-state index < -0.39 is 10.0 Å². The van der Waals surface area contributed by atoms with Crippen LogP contribution in [0, 0.1) is 6.92 Å². The maximum absolute atomic E-state index is 11.4. The van der Waals surface area contributed by atoms with Gasteiger partial charge in [0.25, 0.3) is 0 Å². The molecule has 2 N–H and O–H groups in total. The van der Waals surface area contributed by atoms with E-state index in [0.29, 0.717) is 13.1 Å². The lowest BCUT2D eigenvalue weighted by Gasteiger charge is -2.14. The highest BCUT2D eigenvalue weighted by Gasteiger charge is 2.09. The third-order valence-electron chi connectivity index (χ3n) is 2.76. The number of rotatable bonds is 7. The second kappa shape index (κ2) is 6.87. The molecule has 1 atom stereocenters. The Morgan fingerprint density at radius 3 is 2.39 bits per heavy atom. The highest BCUT2D eigenvalue weighted by molar-refractivity contribution is 7.89. The Balaban J connectivity index is 2.42. The van der Waals surface area contributed by atoms with Gasteiger partial charge in [-0.3, -0.25) is 0 Å². The quantitative estimate of drug-likeness (QED) is 0.791. The van der Waals surface area contributed by atoms with Crippen molar-refractivity contribution in [3.63, 3.8) is 0 Å². The molecule has 0 radical (unpaired) electrons. The summed E-state index contributed by atoms with van der Waals surface area (Å²) in [6.07, 6.45) is 0. The van der Waals surface area contributed by atoms with Crippen LogP contribution in [0.3, 0.4) is 0 Å². The van der Waals surface area contributed by atoms with Crippen molar-refractivity contribution in [2.24, 2.45) is 0 Å². The Labute approximate surface area is 110 Å². The van der Waals surface area contributed by atoms with Gasteiger partial charge in [0.2, 0.25) is 10.0 Å². The molecule has 0 bridgehead atoms. The molecule has 18 heavy (non-hydrogen) atoms. The molecule has 5 heteroatoms. The van der Waals surface area contributed by atoms with Crippen LogP contribution in [0.15, 0.2) is 24.3 Å². The van der Waals surface area contributed by atoms with Crippen molar-refractivity contribution in [2.45, 2.75) is 26.8 Å². The number of hydrogen-bond acceptors (Lipinski definition) is 3. The molecule has 0 saturated carbocycles. The average Bonchev–Trinajstić information content (AvgIpc) is 2.29. The van der Waals surface area contributed by atoms with E-state index >= 15 is 0 Å². The maximum Gasteiger partial charge on any atom is 0.212 e. The highest BCUT2D eigenvalue weighted by Crippen LogP contribution is 2.12. The van der Waals surface area contributed by atoms with Crippen LogP contribution in [-0.2, 0) is 10.0 Å². The van der Waals surface area contributed by atoms with Gasteiger partial charge in [0.1, 0.15) is 0 Å². The molecule has 1 rings (SSSR count). The summed E-state index contributed by atoms with van der Waals surface area (Å²) in [6, 6.07) is 8.39. The van der Waals surface area contributed by atoms with Gasteiger partial charge in [0.15, 0.2) is 0 Å². The van der Waals surface area contributed by atoms with Gasteiger partial charge in [0.05, 0.1) is 5.75 Å². The van der Waals surface area contributed by atoms with Crippen LogP contribution >= 0.6 is 0 Å². The van der Waals surface area contributed by atoms with Crippen molar-refractivity contribution in [3.05, 3.63) is 35.4 Å². The van der Waals surface area contributed by atoms with Crippen molar-refractivity contribution in [3.8, 4) is 0 Å². The minimum absolute atomic E-state index is 0.108. The lowest BCUT2D eigenvalue weighted by atomic mass is 10.1. The van der Waals surface area contributed by atoms with E-state index in [0.717, 1.165) is 0 Å². The number of nitrogens with one attached hydrogen (secondary N) is 2. The Bertz CT molecular complexity index is 454. The van der Waals surface area contributed by atoms with E-state index in [1.807, 2.05) is 13.8 Å². The van der Waals surface area contributed by atoms with Crippen LogP contribution in [0.5, 0.6) is 0 Å². The fourth-order valence-corrected chi connectivity index (χ4v) is 2.65. The van der Waals surface area contributed by atoms with Crippen molar-refractivity contribution in [1.29, 1.82) is 0 Å². The molecule has 4 nitrogen and oxygen atoms in total. The summed E-state index contributed by atoms with van der Waals surface area (Å²) in [6.45, 7) is 6.75. The summed E-state index contributed by atoms with van der Waals surface area (Å²) in [5, 5.41) is 3.21. The topological polar surface area (TPSA) is 58.2 Å². The third-order valence-corrected chi connectivity index (χ3v) is 4.23. The molecule has 0 aliphatic carbocycles. The predicted molar refractivity (Wildman–Crippen MR) is 75.1 cm³/mol. The lowest BCUT2D eigenvalue weighted by molar-refractivity contribution is 0.564. The molecule has 0 spiro atoms. The maximum atomic E-state index is 11.4. The van der Waals surface area contributed by atoms with Gasteiger partial charge in [-0.1, -0.05) is 36.8 Å². The van der Waals surface area contributed by atoms with Crippen LogP contribution in [-0.4, -0.2) is 27.3 Å². The first-order valence-corrected chi connectivity index (χ1v) is 7.87. The molecular formula is C13H22N2O2S. The van der Waals surface area contributed by atoms with Crippen molar-refractivity contribution < 1.29 is 8.42 Å². The largest absolute Gasteiger partial charge is 0.309 e. The van der Waals surface area contributed by atoms with Gasteiger partial charge >= 0.3 is 0 Å². The normalized spacial score (nSPS) is 13.5. The van der Waals surface area contributed by atoms with E-state index in [4.69, 9.17) is 0 Å². The highest BCUT2D eigenvalue weighted by atomic mass is 32.2. The Morgan fingerprint density at radius 2 is 1.83 bits per heavy atom. The summed E-state index contributed by atoms with van der Waals surface area (Å²) < 4.78 is 25.4. The van der Waals surface area contributed by atoms with Gasteiger partial charge < -0.3 is 5.32 Å². The van der Waals surface area contributed by atoms with E-state index in [1.165, 1.54) is 11.1 Å². The minimum atomic E-state index is -3.13. The molecule has 0 fully saturated rings. The number of hydrogen-bond donors (Lipinski definition) is 2. The van der Waals surface area contributed by atoms with E-state index in [1.54, 1.807) is 6.92 Å². The summed E-state index contributed by atoms with van der Waals surface area (Å²) in [5.74, 6) is 0.108. The van der Waals surface area contributed by atoms with E-state index in [2.05, 4.69) is 34.3 Å². The van der Waals surface area contributed by atoms with Crippen molar-refractivity contribution in [2.75, 3.05) is 18.8 Å². The van der Waals surface area contributed by atoms with Crippen molar-refractivity contribution >= 4 is 10.0 Å². The third kappa shape index (κ3) is 5.16. The van der Waals surface area contributed by atoms with Gasteiger partial charge in [-0.2, -0.15) is 0 Å². The molecule has 0 aliphatic heterocycles. The van der Waals surface area contributed by atoms with E-state index in [9.17, 15) is 8.42 Å². The first-order chi connectivity index (χ1) is 8.44. The zero-order valence-corrected chi connectivity index (χ0v) is 12.0. The molecule has 1 aromatic carbocycles. The minimum Gasteiger partial charge on any atom is -0.309 e. The first-order valence-electron chi connectivity index (χ1n) is 6.22. The lowest BCUT2D eigenvalue weighted by Crippen LogP contribution is -2.32. The van der Waals surface area contributed by atoms with Crippen LogP contribution in [0.25, 0.3) is 0 Å². The fourth-order valence-electron chi connectivity index (χ4n) is 1.67. The summed E-state index contributed by atoms with van der Waals surface area (Å²) in [4.78, 5) is 0. The standard InChI is InChI=1S/C13H22N2O2S/c1-4-15-18(16,17)10-9-14-12(3)13-7-5-11(2)6-8-13/h5-8,12,14-15H,4,9-10H2,1-3H3. The predicted octanol–water partition coefficient (Wildman–Crippen LogP) is 1.58. The van der Waals surface area contributed by atoms with E-state index in [-0.39, 0.29) is 11.8 Å². The summed E-state index contributed by atoms with van der Waals surface area (Å²) >= 11 is 0. The van der Waals surface area contributed by atoms with Crippen molar-refractivity contribution in [1.82, 2.24) is 10.0 Å². The molecule has 0 amide bonds. The average molecular weight is 270 g/mol. The molecule has 102 valence electrons. The Kier molecular flexibility index (Phi) is 5.78. The van der Waals surface area contributed by atoms with Crippen LogP contribution < -0.4 is 10.0 Å². The number of aryl methyl sites for hydroxylation is 1. The zero-order valence-electron chi connectivity index (χ0n) is 11.2. The molecule has 1 unspecified atom stereocenters. The SMILES string of the molecule is CCNS(=O)(=O)CCNC(C)c1ccc(C)cc1. The smallest absolute Gasteiger partial charge is 0.212 e. The van der Waals surface area contributed by atoms with Crippen LogP contribution in [0.4, 0.5) is 0 Å². The molecule has 1 aromatic rings. The molecule has 0 heterocycles. The van der Waals surface area contributed by atoms with Crippen LogP contribution in [0.2, 0.25) is 0 Å². The summed E-state index contributed by atoms with van der Waals surface area (Å²) in [7, 11) is -3.13. The number of sulfonamides is 1. The molecular weight excluding hydrogens is 248 g/mol.